The van der Waals surface area contributed by atoms with Gasteiger partial charge in [0.1, 0.15) is 5.69 Å². The van der Waals surface area contributed by atoms with Crippen LogP contribution in [0.4, 0.5) is 5.69 Å². The van der Waals surface area contributed by atoms with E-state index in [4.69, 9.17) is 4.52 Å². The van der Waals surface area contributed by atoms with Gasteiger partial charge in [0, 0.05) is 29.8 Å². The molecule has 0 aliphatic carbocycles. The molecule has 2 rings (SSSR count). The van der Waals surface area contributed by atoms with Crippen molar-refractivity contribution in [3.05, 3.63) is 45.6 Å². The zero-order valence-electron chi connectivity index (χ0n) is 10.1. The van der Waals surface area contributed by atoms with Crippen LogP contribution in [0.3, 0.4) is 0 Å². The number of hydrogen-bond acceptors (Lipinski definition) is 5. The molecule has 0 aliphatic heterocycles. The van der Waals surface area contributed by atoms with E-state index >= 15 is 0 Å². The third-order valence-corrected chi connectivity index (χ3v) is 2.68. The summed E-state index contributed by atoms with van der Waals surface area (Å²) in [6.07, 6.45) is 0. The van der Waals surface area contributed by atoms with E-state index in [-0.39, 0.29) is 5.69 Å². The van der Waals surface area contributed by atoms with Crippen LogP contribution in [0.2, 0.25) is 0 Å². The summed E-state index contributed by atoms with van der Waals surface area (Å²) >= 11 is 0. The maximum Gasteiger partial charge on any atom is 0.270 e. The number of hydrogen-bond donors (Lipinski definition) is 1. The molecule has 6 nitrogen and oxygen atoms in total. The monoisotopic (exact) mass is 247 g/mol. The Hall–Kier alpha value is -2.21. The van der Waals surface area contributed by atoms with Crippen LogP contribution in [-0.2, 0) is 6.54 Å². The topological polar surface area (TPSA) is 81.2 Å². The van der Waals surface area contributed by atoms with Gasteiger partial charge in [0.15, 0.2) is 5.76 Å². The Balaban J connectivity index is 2.42. The van der Waals surface area contributed by atoms with Crippen LogP contribution in [0.5, 0.6) is 0 Å². The first-order valence-electron chi connectivity index (χ1n) is 5.48. The number of nitro benzene ring substituents is 1. The Kier molecular flexibility index (Phi) is 3.38. The normalized spacial score (nSPS) is 10.6. The number of benzene rings is 1. The summed E-state index contributed by atoms with van der Waals surface area (Å²) in [6, 6.07) is 6.33. The summed E-state index contributed by atoms with van der Waals surface area (Å²) in [7, 11) is 1.82. The van der Waals surface area contributed by atoms with Crippen LogP contribution in [-0.4, -0.2) is 17.1 Å². The Bertz CT molecular complexity index is 578. The van der Waals surface area contributed by atoms with E-state index in [1.807, 2.05) is 14.0 Å². The van der Waals surface area contributed by atoms with Crippen molar-refractivity contribution in [1.29, 1.82) is 0 Å². The zero-order valence-corrected chi connectivity index (χ0v) is 10.1. The van der Waals surface area contributed by atoms with Gasteiger partial charge in [0.2, 0.25) is 0 Å². The van der Waals surface area contributed by atoms with Gasteiger partial charge >= 0.3 is 0 Å². The van der Waals surface area contributed by atoms with Gasteiger partial charge in [-0.15, -0.1) is 0 Å². The van der Waals surface area contributed by atoms with Crippen molar-refractivity contribution in [2.24, 2.45) is 0 Å². The summed E-state index contributed by atoms with van der Waals surface area (Å²) in [4.78, 5) is 10.3. The summed E-state index contributed by atoms with van der Waals surface area (Å²) < 4.78 is 5.26. The quantitative estimate of drug-likeness (QED) is 0.662. The molecule has 1 heterocycles. The molecule has 0 bridgehead atoms. The molecule has 0 saturated heterocycles. The number of aromatic nitrogens is 1. The van der Waals surface area contributed by atoms with Gasteiger partial charge in [-0.3, -0.25) is 10.1 Å². The number of nitrogens with one attached hydrogen (secondary N) is 1. The van der Waals surface area contributed by atoms with Crippen molar-refractivity contribution in [1.82, 2.24) is 10.5 Å². The van der Waals surface area contributed by atoms with Crippen molar-refractivity contribution in [2.75, 3.05) is 7.05 Å². The van der Waals surface area contributed by atoms with E-state index in [0.29, 0.717) is 17.9 Å². The van der Waals surface area contributed by atoms with Gasteiger partial charge in [-0.1, -0.05) is 17.3 Å². The Labute approximate surface area is 104 Å². The molecule has 0 fully saturated rings. The zero-order chi connectivity index (χ0) is 13.1. The smallest absolute Gasteiger partial charge is 0.270 e. The minimum absolute atomic E-state index is 0.0402. The van der Waals surface area contributed by atoms with E-state index in [1.165, 1.54) is 12.1 Å². The van der Waals surface area contributed by atoms with E-state index in [1.54, 1.807) is 12.1 Å². The molecule has 18 heavy (non-hydrogen) atoms. The molecule has 2 aromatic rings. The molecule has 1 aromatic carbocycles. The number of rotatable bonds is 4. The van der Waals surface area contributed by atoms with Crippen LogP contribution in [0.15, 0.2) is 28.8 Å². The van der Waals surface area contributed by atoms with Crippen molar-refractivity contribution in [3.8, 4) is 11.3 Å². The van der Waals surface area contributed by atoms with Crippen LogP contribution in [0.1, 0.15) is 11.3 Å². The third-order valence-electron chi connectivity index (χ3n) is 2.68. The SMILES string of the molecule is CNCc1noc(-c2cccc([N+](=O)[O-])c2)c1C. The highest BCUT2D eigenvalue weighted by Crippen LogP contribution is 2.28. The standard InChI is InChI=1S/C12H13N3O3/c1-8-11(7-13-2)14-18-12(8)9-4-3-5-10(6-9)15(16)17/h3-6,13H,7H2,1-2H3. The van der Waals surface area contributed by atoms with Crippen molar-refractivity contribution in [2.45, 2.75) is 13.5 Å². The minimum atomic E-state index is -0.427. The first kappa shape index (κ1) is 12.3. The molecule has 94 valence electrons. The maximum absolute atomic E-state index is 10.7. The highest BCUT2D eigenvalue weighted by atomic mass is 16.6. The highest BCUT2D eigenvalue weighted by molar-refractivity contribution is 5.64. The summed E-state index contributed by atoms with van der Waals surface area (Å²) in [5.41, 5.74) is 2.40. The lowest BCUT2D eigenvalue weighted by Gasteiger charge is -1.98. The van der Waals surface area contributed by atoms with E-state index in [2.05, 4.69) is 10.5 Å². The predicted molar refractivity (Wildman–Crippen MR) is 66.1 cm³/mol. The van der Waals surface area contributed by atoms with E-state index < -0.39 is 4.92 Å². The Morgan fingerprint density at radius 3 is 2.94 bits per heavy atom. The van der Waals surface area contributed by atoms with Gasteiger partial charge in [0.05, 0.1) is 4.92 Å². The second kappa shape index (κ2) is 4.97. The molecule has 0 saturated carbocycles. The third kappa shape index (κ3) is 2.23. The first-order chi connectivity index (χ1) is 8.63. The molecular formula is C12H13N3O3. The van der Waals surface area contributed by atoms with Crippen LogP contribution < -0.4 is 5.32 Å². The summed E-state index contributed by atoms with van der Waals surface area (Å²) in [6.45, 7) is 2.49. The lowest BCUT2D eigenvalue weighted by atomic mass is 10.1. The van der Waals surface area contributed by atoms with Gasteiger partial charge < -0.3 is 9.84 Å². The van der Waals surface area contributed by atoms with Crippen molar-refractivity contribution in [3.63, 3.8) is 0 Å². The minimum Gasteiger partial charge on any atom is -0.356 e. The molecule has 1 N–H and O–H groups in total. The Morgan fingerprint density at radius 1 is 1.50 bits per heavy atom. The van der Waals surface area contributed by atoms with Gasteiger partial charge in [-0.25, -0.2) is 0 Å². The van der Waals surface area contributed by atoms with Gasteiger partial charge in [-0.2, -0.15) is 0 Å². The number of nitrogens with zero attached hydrogens (tertiary/aromatic N) is 2. The average Bonchev–Trinajstić information content (AvgIpc) is 2.72. The van der Waals surface area contributed by atoms with Crippen LogP contribution in [0.25, 0.3) is 11.3 Å². The molecule has 0 amide bonds. The summed E-state index contributed by atoms with van der Waals surface area (Å²) in [5.74, 6) is 0.573. The van der Waals surface area contributed by atoms with Crippen molar-refractivity contribution < 1.29 is 9.45 Å². The molecule has 0 atom stereocenters. The highest BCUT2D eigenvalue weighted by Gasteiger charge is 2.15. The molecule has 0 unspecified atom stereocenters. The largest absolute Gasteiger partial charge is 0.356 e. The maximum atomic E-state index is 10.7. The lowest BCUT2D eigenvalue weighted by molar-refractivity contribution is -0.384. The van der Waals surface area contributed by atoms with E-state index in [9.17, 15) is 10.1 Å². The molecule has 1 aromatic heterocycles. The molecule has 6 heteroatoms. The predicted octanol–water partition coefficient (Wildman–Crippen LogP) is 2.28. The fourth-order valence-corrected chi connectivity index (χ4v) is 1.73. The second-order valence-corrected chi connectivity index (χ2v) is 3.92. The average molecular weight is 247 g/mol. The fourth-order valence-electron chi connectivity index (χ4n) is 1.73. The first-order valence-corrected chi connectivity index (χ1v) is 5.48. The number of nitro groups is 1. The van der Waals surface area contributed by atoms with Gasteiger partial charge in [-0.05, 0) is 14.0 Å². The molecule has 0 radical (unpaired) electrons. The van der Waals surface area contributed by atoms with E-state index in [0.717, 1.165) is 11.3 Å². The molecular weight excluding hydrogens is 234 g/mol. The summed E-state index contributed by atoms with van der Waals surface area (Å²) in [5, 5.41) is 17.7. The number of non-ortho nitro benzene ring substituents is 1. The fraction of sp³-hybridized carbons (Fsp3) is 0.250. The lowest BCUT2D eigenvalue weighted by Crippen LogP contribution is -2.06. The molecule has 0 aliphatic rings. The second-order valence-electron chi connectivity index (χ2n) is 3.92. The van der Waals surface area contributed by atoms with Crippen LogP contribution in [0, 0.1) is 17.0 Å². The van der Waals surface area contributed by atoms with Crippen molar-refractivity contribution >= 4 is 5.69 Å². The van der Waals surface area contributed by atoms with Crippen LogP contribution >= 0.6 is 0 Å². The molecule has 0 spiro atoms. The van der Waals surface area contributed by atoms with Gasteiger partial charge in [0.25, 0.3) is 5.69 Å². The Morgan fingerprint density at radius 2 is 2.28 bits per heavy atom.